The number of aromatic nitrogens is 3. The van der Waals surface area contributed by atoms with Crippen molar-refractivity contribution in [2.75, 3.05) is 17.2 Å². The van der Waals surface area contributed by atoms with Crippen molar-refractivity contribution in [2.24, 2.45) is 0 Å². The van der Waals surface area contributed by atoms with Gasteiger partial charge in [0.25, 0.3) is 0 Å². The van der Waals surface area contributed by atoms with Crippen LogP contribution in [0.5, 0.6) is 0 Å². The van der Waals surface area contributed by atoms with Crippen molar-refractivity contribution in [3.8, 4) is 0 Å². The third kappa shape index (κ3) is 5.55. The maximum absolute atomic E-state index is 5.86. The maximum atomic E-state index is 5.86. The van der Waals surface area contributed by atoms with Crippen LogP contribution in [0.25, 0.3) is 0 Å². The molecule has 0 atom stereocenters. The van der Waals surface area contributed by atoms with E-state index in [1.54, 1.807) is 6.20 Å². The summed E-state index contributed by atoms with van der Waals surface area (Å²) in [7, 11) is 0. The van der Waals surface area contributed by atoms with Crippen molar-refractivity contribution in [2.45, 2.75) is 32.7 Å². The number of benzene rings is 1. The summed E-state index contributed by atoms with van der Waals surface area (Å²) in [6.07, 6.45) is 5.13. The number of nitrogens with zero attached hydrogens (tertiary/aromatic N) is 3. The monoisotopic (exact) mass is 305 g/mol. The molecule has 5 nitrogen and oxygen atoms in total. The molecule has 2 aromatic rings. The van der Waals surface area contributed by atoms with Crippen LogP contribution in [0, 0.1) is 0 Å². The van der Waals surface area contributed by atoms with Crippen molar-refractivity contribution >= 4 is 23.4 Å². The van der Waals surface area contributed by atoms with E-state index in [0.29, 0.717) is 18.3 Å². The Balaban J connectivity index is 1.84. The van der Waals surface area contributed by atoms with Crippen molar-refractivity contribution in [3.63, 3.8) is 0 Å². The van der Waals surface area contributed by atoms with Crippen LogP contribution in [-0.4, -0.2) is 21.7 Å². The molecule has 21 heavy (non-hydrogen) atoms. The summed E-state index contributed by atoms with van der Waals surface area (Å²) in [6.45, 7) is 3.72. The highest BCUT2D eigenvalue weighted by Crippen LogP contribution is 2.11. The molecule has 0 amide bonds. The lowest BCUT2D eigenvalue weighted by Crippen LogP contribution is -2.09. The molecule has 1 heterocycles. The largest absolute Gasteiger partial charge is 0.365 e. The summed E-state index contributed by atoms with van der Waals surface area (Å²) >= 11 is 5.86. The average molecular weight is 306 g/mol. The summed E-state index contributed by atoms with van der Waals surface area (Å²) in [5.41, 5.74) is 1.13. The van der Waals surface area contributed by atoms with Gasteiger partial charge in [0.2, 0.25) is 5.95 Å². The molecule has 0 fully saturated rings. The number of rotatable bonds is 8. The topological polar surface area (TPSA) is 62.7 Å². The average Bonchev–Trinajstić information content (AvgIpc) is 2.52. The minimum absolute atomic E-state index is 0.562. The van der Waals surface area contributed by atoms with Crippen LogP contribution >= 0.6 is 11.6 Å². The minimum atomic E-state index is 0.562. The molecular formula is C15H20ClN5. The fourth-order valence-corrected chi connectivity index (χ4v) is 1.96. The van der Waals surface area contributed by atoms with Crippen molar-refractivity contribution in [1.29, 1.82) is 0 Å². The van der Waals surface area contributed by atoms with Crippen LogP contribution in [0.15, 0.2) is 30.5 Å². The van der Waals surface area contributed by atoms with E-state index in [-0.39, 0.29) is 0 Å². The van der Waals surface area contributed by atoms with Crippen LogP contribution < -0.4 is 10.6 Å². The Bertz CT molecular complexity index is 544. The lowest BCUT2D eigenvalue weighted by atomic mass is 10.2. The molecule has 0 spiro atoms. The molecule has 0 aliphatic carbocycles. The first-order chi connectivity index (χ1) is 10.3. The number of nitrogens with one attached hydrogen (secondary N) is 2. The Hall–Kier alpha value is -1.88. The second-order valence-corrected chi connectivity index (χ2v) is 5.22. The van der Waals surface area contributed by atoms with Gasteiger partial charge in [-0.1, -0.05) is 43.5 Å². The van der Waals surface area contributed by atoms with Gasteiger partial charge < -0.3 is 10.6 Å². The van der Waals surface area contributed by atoms with E-state index in [2.05, 4.69) is 32.7 Å². The van der Waals surface area contributed by atoms with Gasteiger partial charge in [0.05, 0.1) is 6.20 Å². The van der Waals surface area contributed by atoms with Gasteiger partial charge in [-0.25, -0.2) is 0 Å². The van der Waals surface area contributed by atoms with E-state index in [9.17, 15) is 0 Å². The second kappa shape index (κ2) is 8.42. The van der Waals surface area contributed by atoms with E-state index < -0.39 is 0 Å². The molecule has 0 radical (unpaired) electrons. The lowest BCUT2D eigenvalue weighted by Gasteiger charge is -2.07. The first-order valence-electron chi connectivity index (χ1n) is 7.20. The van der Waals surface area contributed by atoms with Crippen molar-refractivity contribution in [3.05, 3.63) is 41.0 Å². The lowest BCUT2D eigenvalue weighted by molar-refractivity contribution is 0.738. The highest BCUT2D eigenvalue weighted by Gasteiger charge is 2.00. The van der Waals surface area contributed by atoms with Gasteiger partial charge in [-0.3, -0.25) is 0 Å². The molecule has 2 rings (SSSR count). The second-order valence-electron chi connectivity index (χ2n) is 4.78. The van der Waals surface area contributed by atoms with Gasteiger partial charge in [0.1, 0.15) is 0 Å². The molecule has 1 aromatic carbocycles. The number of halogens is 1. The Morgan fingerprint density at radius 1 is 1.10 bits per heavy atom. The smallest absolute Gasteiger partial charge is 0.244 e. The zero-order chi connectivity index (χ0) is 14.9. The highest BCUT2D eigenvalue weighted by molar-refractivity contribution is 6.30. The van der Waals surface area contributed by atoms with E-state index in [4.69, 9.17) is 11.6 Å². The van der Waals surface area contributed by atoms with Gasteiger partial charge in [-0.15, -0.1) is 5.10 Å². The summed E-state index contributed by atoms with van der Waals surface area (Å²) < 4.78 is 0. The number of hydrogen-bond donors (Lipinski definition) is 2. The minimum Gasteiger partial charge on any atom is -0.365 e. The molecule has 0 saturated heterocycles. The summed E-state index contributed by atoms with van der Waals surface area (Å²) in [5, 5.41) is 15.1. The van der Waals surface area contributed by atoms with Gasteiger partial charge >= 0.3 is 0 Å². The Morgan fingerprint density at radius 3 is 2.67 bits per heavy atom. The first kappa shape index (κ1) is 15.5. The third-order valence-corrected chi connectivity index (χ3v) is 3.26. The molecule has 1 aromatic heterocycles. The van der Waals surface area contributed by atoms with Gasteiger partial charge in [0, 0.05) is 18.1 Å². The summed E-state index contributed by atoms with van der Waals surface area (Å²) in [4.78, 5) is 4.38. The van der Waals surface area contributed by atoms with E-state index in [1.807, 2.05) is 24.3 Å². The van der Waals surface area contributed by atoms with E-state index in [0.717, 1.165) is 23.6 Å². The van der Waals surface area contributed by atoms with Gasteiger partial charge in [-0.2, -0.15) is 10.1 Å². The summed E-state index contributed by atoms with van der Waals surface area (Å²) in [6, 6.07) is 7.71. The number of hydrogen-bond acceptors (Lipinski definition) is 5. The van der Waals surface area contributed by atoms with Crippen LogP contribution in [-0.2, 0) is 6.54 Å². The molecule has 6 heteroatoms. The Morgan fingerprint density at radius 2 is 1.90 bits per heavy atom. The SMILES string of the molecule is CCCCCNc1nncc(NCc2ccc(Cl)cc2)n1. The van der Waals surface area contributed by atoms with Crippen LogP contribution in [0.4, 0.5) is 11.8 Å². The molecular weight excluding hydrogens is 286 g/mol. The molecule has 0 unspecified atom stereocenters. The Labute approximate surface area is 130 Å². The summed E-state index contributed by atoms with van der Waals surface area (Å²) in [5.74, 6) is 1.27. The van der Waals surface area contributed by atoms with Gasteiger partial charge in [0.15, 0.2) is 5.82 Å². The molecule has 0 saturated carbocycles. The molecule has 0 bridgehead atoms. The molecule has 0 aliphatic rings. The van der Waals surface area contributed by atoms with E-state index in [1.165, 1.54) is 12.8 Å². The van der Waals surface area contributed by atoms with Gasteiger partial charge in [-0.05, 0) is 24.1 Å². The molecule has 112 valence electrons. The third-order valence-electron chi connectivity index (χ3n) is 3.01. The number of unbranched alkanes of at least 4 members (excludes halogenated alkanes) is 2. The van der Waals surface area contributed by atoms with Crippen molar-refractivity contribution < 1.29 is 0 Å². The number of anilines is 2. The molecule has 2 N–H and O–H groups in total. The van der Waals surface area contributed by atoms with Crippen LogP contribution in [0.1, 0.15) is 31.7 Å². The quantitative estimate of drug-likeness (QED) is 0.727. The normalized spacial score (nSPS) is 10.4. The van der Waals surface area contributed by atoms with Crippen LogP contribution in [0.2, 0.25) is 5.02 Å². The zero-order valence-electron chi connectivity index (χ0n) is 12.1. The maximum Gasteiger partial charge on any atom is 0.244 e. The zero-order valence-corrected chi connectivity index (χ0v) is 12.9. The van der Waals surface area contributed by atoms with Crippen LogP contribution in [0.3, 0.4) is 0 Å². The Kier molecular flexibility index (Phi) is 6.22. The van der Waals surface area contributed by atoms with E-state index >= 15 is 0 Å². The fourth-order valence-electron chi connectivity index (χ4n) is 1.83. The highest BCUT2D eigenvalue weighted by atomic mass is 35.5. The standard InChI is InChI=1S/C15H20ClN5/c1-2-3-4-9-17-15-20-14(11-19-21-15)18-10-12-5-7-13(16)8-6-12/h5-8,11H,2-4,9-10H2,1H3,(H2,17,18,20,21). The predicted octanol–water partition coefficient (Wildman–Crippen LogP) is 3.74. The molecule has 0 aliphatic heterocycles. The first-order valence-corrected chi connectivity index (χ1v) is 7.57. The predicted molar refractivity (Wildman–Crippen MR) is 86.6 cm³/mol. The van der Waals surface area contributed by atoms with Crippen molar-refractivity contribution in [1.82, 2.24) is 15.2 Å². The fraction of sp³-hybridized carbons (Fsp3) is 0.400.